The minimum Gasteiger partial charge on any atom is -0.493 e. The highest BCUT2D eigenvalue weighted by Gasteiger charge is 2.73. The van der Waals surface area contributed by atoms with Gasteiger partial charge in [0.05, 0.1) is 14.2 Å². The van der Waals surface area contributed by atoms with Crippen LogP contribution in [0.15, 0.2) is 72.8 Å². The fraction of sp³-hybridized carbons (Fsp3) is 0.394. The number of carbonyl (C=O) groups is 4. The monoisotopic (exact) mass is 620 g/mol. The molecule has 3 aliphatic rings. The molecule has 12 heteroatoms. The van der Waals surface area contributed by atoms with E-state index < -0.39 is 35.7 Å². The molecule has 0 saturated carbocycles. The summed E-state index contributed by atoms with van der Waals surface area (Å²) in [7, 11) is 3.02. The summed E-state index contributed by atoms with van der Waals surface area (Å²) in [4.78, 5) is 55.5. The van der Waals surface area contributed by atoms with Gasteiger partial charge < -0.3 is 28.4 Å². The van der Waals surface area contributed by atoms with Gasteiger partial charge in [0.15, 0.2) is 11.5 Å². The normalized spacial score (nSPS) is 19.6. The molecule has 0 unspecified atom stereocenters. The minimum atomic E-state index is -2.52. The number of ether oxygens (including phenoxy) is 6. The number of unbranched alkanes of at least 4 members (excludes halogenated alkanes) is 2. The van der Waals surface area contributed by atoms with Gasteiger partial charge >= 0.3 is 35.7 Å². The molecule has 0 N–H and O–H groups in total. The van der Waals surface area contributed by atoms with E-state index in [4.69, 9.17) is 28.4 Å². The Morgan fingerprint density at radius 3 is 1.78 bits per heavy atom. The number of nitrogens with zero attached hydrogens (tertiary/aromatic N) is 2. The smallest absolute Gasteiger partial charge is 0.420 e. The van der Waals surface area contributed by atoms with Crippen molar-refractivity contribution in [1.82, 2.24) is 9.80 Å². The summed E-state index contributed by atoms with van der Waals surface area (Å²) in [5.41, 5.74) is 1.88. The number of benzene rings is 2. The Balaban J connectivity index is 1.53. The molecule has 0 aliphatic carbocycles. The van der Waals surface area contributed by atoms with Crippen molar-refractivity contribution in [2.24, 2.45) is 0 Å². The highest BCUT2D eigenvalue weighted by atomic mass is 16.8. The Labute approximate surface area is 261 Å². The van der Waals surface area contributed by atoms with E-state index in [9.17, 15) is 19.2 Å². The Bertz CT molecular complexity index is 1430. The summed E-state index contributed by atoms with van der Waals surface area (Å²) in [5, 5.41) is 0. The van der Waals surface area contributed by atoms with Gasteiger partial charge in [0.25, 0.3) is 0 Å². The molecule has 0 bridgehead atoms. The SMILES string of the molecule is COc1ccc(CN2CCCN(CCCCCc3ccccc3)C3(OC(=O)C=CC(=O)O3)C23OC(=O)C=CC(=O)O3)cc1OC. The van der Waals surface area contributed by atoms with Crippen LogP contribution < -0.4 is 9.47 Å². The van der Waals surface area contributed by atoms with Crippen LogP contribution in [0, 0.1) is 0 Å². The van der Waals surface area contributed by atoms with E-state index in [1.807, 2.05) is 18.2 Å². The lowest BCUT2D eigenvalue weighted by atomic mass is 10.1. The Morgan fingerprint density at radius 1 is 0.644 bits per heavy atom. The van der Waals surface area contributed by atoms with Crippen LogP contribution in [0.4, 0.5) is 0 Å². The predicted molar refractivity (Wildman–Crippen MR) is 158 cm³/mol. The summed E-state index contributed by atoms with van der Waals surface area (Å²) in [6.45, 7) is 0.732. The third-order valence-corrected chi connectivity index (χ3v) is 7.81. The first-order valence-electron chi connectivity index (χ1n) is 14.8. The fourth-order valence-electron chi connectivity index (χ4n) is 5.75. The predicted octanol–water partition coefficient (Wildman–Crippen LogP) is 3.24. The molecule has 2 aromatic rings. The third kappa shape index (κ3) is 6.86. The number of rotatable bonds is 10. The topological polar surface area (TPSA) is 130 Å². The molecule has 238 valence electrons. The third-order valence-electron chi connectivity index (χ3n) is 7.81. The molecule has 5 rings (SSSR count). The van der Waals surface area contributed by atoms with E-state index in [-0.39, 0.29) is 26.2 Å². The second kappa shape index (κ2) is 14.0. The fourth-order valence-corrected chi connectivity index (χ4v) is 5.75. The van der Waals surface area contributed by atoms with Crippen molar-refractivity contribution in [3.8, 4) is 11.5 Å². The first kappa shape index (κ1) is 31.7. The van der Waals surface area contributed by atoms with Crippen molar-refractivity contribution in [1.29, 1.82) is 0 Å². The van der Waals surface area contributed by atoms with Crippen LogP contribution in [-0.4, -0.2) is 79.4 Å². The van der Waals surface area contributed by atoms with Crippen molar-refractivity contribution < 1.29 is 47.6 Å². The molecule has 1 saturated heterocycles. The lowest BCUT2D eigenvalue weighted by Crippen LogP contribution is -2.75. The zero-order valence-electron chi connectivity index (χ0n) is 25.3. The maximum atomic E-state index is 13.1. The van der Waals surface area contributed by atoms with Gasteiger partial charge in [-0.25, -0.2) is 29.0 Å². The quantitative estimate of drug-likeness (QED) is 0.286. The molecular formula is C33H36N2O10. The van der Waals surface area contributed by atoms with Crippen LogP contribution in [0.5, 0.6) is 11.5 Å². The summed E-state index contributed by atoms with van der Waals surface area (Å²) in [6, 6.07) is 15.3. The van der Waals surface area contributed by atoms with E-state index in [1.165, 1.54) is 24.7 Å². The maximum absolute atomic E-state index is 13.1. The average Bonchev–Trinajstić information content (AvgIpc) is 3.35. The van der Waals surface area contributed by atoms with Crippen LogP contribution in [0.3, 0.4) is 0 Å². The van der Waals surface area contributed by atoms with Gasteiger partial charge in [-0.05, 0) is 48.9 Å². The molecule has 0 radical (unpaired) electrons. The highest BCUT2D eigenvalue weighted by Crippen LogP contribution is 2.44. The first-order valence-corrected chi connectivity index (χ1v) is 14.8. The molecule has 1 fully saturated rings. The van der Waals surface area contributed by atoms with Gasteiger partial charge in [-0.2, -0.15) is 0 Å². The number of methoxy groups -OCH3 is 2. The summed E-state index contributed by atoms with van der Waals surface area (Å²) in [5.74, 6) is -7.84. The van der Waals surface area contributed by atoms with E-state index in [0.29, 0.717) is 29.9 Å². The van der Waals surface area contributed by atoms with Crippen molar-refractivity contribution in [3.63, 3.8) is 0 Å². The number of fused-ring (bicyclic) bond motifs is 1. The molecule has 0 atom stereocenters. The second-order valence-electron chi connectivity index (χ2n) is 10.8. The number of hydrogen-bond acceptors (Lipinski definition) is 12. The molecule has 3 aliphatic heterocycles. The summed E-state index contributed by atoms with van der Waals surface area (Å²) < 4.78 is 34.5. The largest absolute Gasteiger partial charge is 0.493 e. The molecule has 0 amide bonds. The zero-order chi connectivity index (χ0) is 31.9. The van der Waals surface area contributed by atoms with Gasteiger partial charge in [-0.1, -0.05) is 42.8 Å². The molecule has 2 spiro atoms. The van der Waals surface area contributed by atoms with E-state index >= 15 is 0 Å². The maximum Gasteiger partial charge on any atom is 0.420 e. The second-order valence-corrected chi connectivity index (χ2v) is 10.8. The molecule has 2 aromatic carbocycles. The van der Waals surface area contributed by atoms with Crippen LogP contribution in [0.25, 0.3) is 0 Å². The van der Waals surface area contributed by atoms with E-state index in [1.54, 1.807) is 23.1 Å². The van der Waals surface area contributed by atoms with Crippen LogP contribution >= 0.6 is 0 Å². The lowest BCUT2D eigenvalue weighted by Gasteiger charge is -2.50. The average molecular weight is 621 g/mol. The van der Waals surface area contributed by atoms with Gasteiger partial charge in [-0.15, -0.1) is 0 Å². The number of hydrogen-bond donors (Lipinski definition) is 0. The van der Waals surface area contributed by atoms with Gasteiger partial charge in [0.2, 0.25) is 0 Å². The Hall–Kier alpha value is -4.68. The van der Waals surface area contributed by atoms with Crippen LogP contribution in [0.2, 0.25) is 0 Å². The van der Waals surface area contributed by atoms with Crippen molar-refractivity contribution in [3.05, 3.63) is 84.0 Å². The van der Waals surface area contributed by atoms with Crippen molar-refractivity contribution in [2.45, 2.75) is 50.5 Å². The Morgan fingerprint density at radius 2 is 1.20 bits per heavy atom. The first-order chi connectivity index (χ1) is 21.8. The molecule has 3 heterocycles. The van der Waals surface area contributed by atoms with Gasteiger partial charge in [-0.3, -0.25) is 0 Å². The standard InChI is InChI=1S/C33H36N2O10/c1-40-26-14-13-25(22-27(26)41-2)23-35-21-9-20-34(19-8-4-7-12-24-10-5-3-6-11-24)32(42-28(36)15-16-29(37)43-32)33(35)44-30(38)17-18-31(39)45-33/h3,5-6,10-11,13-18,22H,4,7-9,12,19-21,23H2,1-2H3. The zero-order valence-corrected chi connectivity index (χ0v) is 25.3. The minimum absolute atomic E-state index is 0.0100. The van der Waals surface area contributed by atoms with Gasteiger partial charge in [0.1, 0.15) is 0 Å². The number of esters is 4. The lowest BCUT2D eigenvalue weighted by molar-refractivity contribution is -0.444. The number of aryl methyl sites for hydroxylation is 1. The molecule has 12 nitrogen and oxygen atoms in total. The summed E-state index contributed by atoms with van der Waals surface area (Å²) in [6.07, 6.45) is 7.30. The Kier molecular flexibility index (Phi) is 9.84. The van der Waals surface area contributed by atoms with Crippen LogP contribution in [-0.2, 0) is 51.1 Å². The highest BCUT2D eigenvalue weighted by molar-refractivity contribution is 5.95. The molecule has 0 aromatic heterocycles. The van der Waals surface area contributed by atoms with E-state index in [0.717, 1.165) is 43.6 Å². The number of carbonyl (C=O) groups excluding carboxylic acids is 4. The summed E-state index contributed by atoms with van der Waals surface area (Å²) >= 11 is 0. The van der Waals surface area contributed by atoms with Crippen molar-refractivity contribution >= 4 is 23.9 Å². The van der Waals surface area contributed by atoms with Crippen molar-refractivity contribution in [2.75, 3.05) is 33.9 Å². The van der Waals surface area contributed by atoms with Crippen LogP contribution in [0.1, 0.15) is 36.8 Å². The molecule has 45 heavy (non-hydrogen) atoms. The van der Waals surface area contributed by atoms with Gasteiger partial charge in [0, 0.05) is 50.5 Å². The van der Waals surface area contributed by atoms with E-state index in [2.05, 4.69) is 12.1 Å². The molecular weight excluding hydrogens is 584 g/mol.